The number of carbonyl (C=O) groups excluding carboxylic acids is 1. The molecule has 7 nitrogen and oxygen atoms in total. The van der Waals surface area contributed by atoms with Crippen LogP contribution >= 0.6 is 0 Å². The van der Waals surface area contributed by atoms with E-state index in [9.17, 15) is 18.0 Å². The molecule has 0 radical (unpaired) electrons. The van der Waals surface area contributed by atoms with Crippen molar-refractivity contribution in [2.75, 3.05) is 6.54 Å². The maximum absolute atomic E-state index is 12.1. The normalized spacial score (nSPS) is 12.2. The molecule has 0 aliphatic rings. The smallest absolute Gasteiger partial charge is 0.303 e. The van der Waals surface area contributed by atoms with Gasteiger partial charge < -0.3 is 10.4 Å². The predicted octanol–water partition coefficient (Wildman–Crippen LogP) is 0.581. The number of carboxylic acid groups (broad SMARTS) is 1. The number of hydrogen-bond acceptors (Lipinski definition) is 4. The van der Waals surface area contributed by atoms with E-state index in [0.29, 0.717) is 0 Å². The first-order valence-electron chi connectivity index (χ1n) is 6.82. The molecule has 0 aliphatic carbocycles. The summed E-state index contributed by atoms with van der Waals surface area (Å²) in [7, 11) is -3.78. The lowest BCUT2D eigenvalue weighted by Gasteiger charge is -2.13. The second kappa shape index (κ2) is 8.31. The number of sulfonamides is 1. The second-order valence-corrected chi connectivity index (χ2v) is 6.63. The minimum absolute atomic E-state index is 0.0636. The molecule has 23 heavy (non-hydrogen) atoms. The Morgan fingerprint density at radius 2 is 2.09 bits per heavy atom. The zero-order valence-corrected chi connectivity index (χ0v) is 13.4. The Kier molecular flexibility index (Phi) is 6.75. The zero-order valence-electron chi connectivity index (χ0n) is 12.6. The molecule has 124 valence electrons. The van der Waals surface area contributed by atoms with E-state index < -0.39 is 21.9 Å². The molecule has 1 aromatic carbocycles. The summed E-state index contributed by atoms with van der Waals surface area (Å²) in [6, 6.07) is 5.15. The molecule has 0 fully saturated rings. The van der Waals surface area contributed by atoms with Crippen molar-refractivity contribution in [1.29, 1.82) is 0 Å². The molecule has 1 atom stereocenters. The Balaban J connectivity index is 2.82. The second-order valence-electron chi connectivity index (χ2n) is 4.86. The lowest BCUT2D eigenvalue weighted by atomic mass is 10.1. The van der Waals surface area contributed by atoms with Crippen molar-refractivity contribution < 1.29 is 23.1 Å². The van der Waals surface area contributed by atoms with Crippen LogP contribution < -0.4 is 10.0 Å². The van der Waals surface area contributed by atoms with Crippen molar-refractivity contribution in [1.82, 2.24) is 10.0 Å². The molecule has 0 saturated heterocycles. The van der Waals surface area contributed by atoms with E-state index >= 15 is 0 Å². The quantitative estimate of drug-likeness (QED) is 0.600. The molecule has 0 bridgehead atoms. The third kappa shape index (κ3) is 6.10. The van der Waals surface area contributed by atoms with Gasteiger partial charge in [0, 0.05) is 18.0 Å². The van der Waals surface area contributed by atoms with Crippen LogP contribution in [0.25, 0.3) is 0 Å². The van der Waals surface area contributed by atoms with Gasteiger partial charge in [0.25, 0.3) is 5.91 Å². The Morgan fingerprint density at radius 1 is 1.39 bits per heavy atom. The van der Waals surface area contributed by atoms with Crippen LogP contribution in [-0.4, -0.2) is 38.0 Å². The summed E-state index contributed by atoms with van der Waals surface area (Å²) < 4.78 is 26.1. The van der Waals surface area contributed by atoms with Gasteiger partial charge in [0.2, 0.25) is 10.0 Å². The number of benzene rings is 1. The van der Waals surface area contributed by atoms with E-state index in [1.165, 1.54) is 24.3 Å². The molecule has 3 N–H and O–H groups in total. The van der Waals surface area contributed by atoms with Gasteiger partial charge in [-0.25, -0.2) is 8.42 Å². The first kappa shape index (κ1) is 18.7. The summed E-state index contributed by atoms with van der Waals surface area (Å²) in [4.78, 5) is 22.5. The van der Waals surface area contributed by atoms with Crippen molar-refractivity contribution in [3.63, 3.8) is 0 Å². The van der Waals surface area contributed by atoms with E-state index in [-0.39, 0.29) is 35.9 Å². The monoisotopic (exact) mass is 338 g/mol. The standard InChI is InChI=1S/C15H18N2O5S/c1-3-9-16-23(21,22)13-6-4-5-12(10-13)15(20)17-11(2)7-8-14(18)19/h1,4-6,10-11,16H,7-9H2,2H3,(H,17,20)(H,18,19). The highest BCUT2D eigenvalue weighted by Crippen LogP contribution is 2.12. The number of nitrogens with one attached hydrogen (secondary N) is 2. The fraction of sp³-hybridized carbons (Fsp3) is 0.333. The van der Waals surface area contributed by atoms with Crippen molar-refractivity contribution in [3.8, 4) is 12.3 Å². The molecule has 1 aromatic rings. The summed E-state index contributed by atoms with van der Waals surface area (Å²) in [5.41, 5.74) is 0.163. The number of carbonyl (C=O) groups is 2. The van der Waals surface area contributed by atoms with Gasteiger partial charge in [0.1, 0.15) is 0 Å². The highest BCUT2D eigenvalue weighted by Gasteiger charge is 2.16. The Hall–Kier alpha value is -2.37. The lowest BCUT2D eigenvalue weighted by Crippen LogP contribution is -2.33. The third-order valence-corrected chi connectivity index (χ3v) is 4.34. The number of aliphatic carboxylic acids is 1. The van der Waals surface area contributed by atoms with Crippen molar-refractivity contribution in [3.05, 3.63) is 29.8 Å². The summed E-state index contributed by atoms with van der Waals surface area (Å²) in [6.45, 7) is 1.53. The van der Waals surface area contributed by atoms with Gasteiger partial charge in [0.15, 0.2) is 0 Å². The third-order valence-electron chi connectivity index (χ3n) is 2.94. The topological polar surface area (TPSA) is 113 Å². The number of terminal acetylenes is 1. The predicted molar refractivity (Wildman–Crippen MR) is 84.3 cm³/mol. The van der Waals surface area contributed by atoms with Crippen LogP contribution in [0.15, 0.2) is 29.2 Å². The van der Waals surface area contributed by atoms with Crippen LogP contribution in [0.5, 0.6) is 0 Å². The number of hydrogen-bond donors (Lipinski definition) is 3. The SMILES string of the molecule is C#CCNS(=O)(=O)c1cccc(C(=O)NC(C)CCC(=O)O)c1. The van der Waals surface area contributed by atoms with E-state index in [2.05, 4.69) is 16.0 Å². The minimum Gasteiger partial charge on any atom is -0.481 e. The van der Waals surface area contributed by atoms with Gasteiger partial charge in [-0.1, -0.05) is 12.0 Å². The Labute approximate surface area is 135 Å². The molecule has 0 heterocycles. The largest absolute Gasteiger partial charge is 0.481 e. The van der Waals surface area contributed by atoms with Crippen LogP contribution in [0.4, 0.5) is 0 Å². The van der Waals surface area contributed by atoms with E-state index in [4.69, 9.17) is 11.5 Å². The first-order valence-corrected chi connectivity index (χ1v) is 8.30. The summed E-state index contributed by atoms with van der Waals surface area (Å²) in [5.74, 6) is 0.742. The summed E-state index contributed by atoms with van der Waals surface area (Å²) >= 11 is 0. The van der Waals surface area contributed by atoms with Gasteiger partial charge in [-0.2, -0.15) is 4.72 Å². The summed E-state index contributed by atoms with van der Waals surface area (Å²) in [5, 5.41) is 11.2. The van der Waals surface area contributed by atoms with Crippen LogP contribution in [0.3, 0.4) is 0 Å². The van der Waals surface area contributed by atoms with Gasteiger partial charge in [-0.3, -0.25) is 9.59 Å². The van der Waals surface area contributed by atoms with Crippen LogP contribution in [0.2, 0.25) is 0 Å². The van der Waals surface area contributed by atoms with Gasteiger partial charge in [0.05, 0.1) is 11.4 Å². The van der Waals surface area contributed by atoms with E-state index in [0.717, 1.165) is 0 Å². The molecule has 8 heteroatoms. The fourth-order valence-corrected chi connectivity index (χ4v) is 2.72. The Bertz CT molecular complexity index is 722. The first-order chi connectivity index (χ1) is 10.8. The van der Waals surface area contributed by atoms with Gasteiger partial charge in [-0.15, -0.1) is 6.42 Å². The van der Waals surface area contributed by atoms with Gasteiger partial charge in [-0.05, 0) is 31.5 Å². The lowest BCUT2D eigenvalue weighted by molar-refractivity contribution is -0.137. The molecule has 1 amide bonds. The van der Waals surface area contributed by atoms with Crippen molar-refractivity contribution >= 4 is 21.9 Å². The summed E-state index contributed by atoms with van der Waals surface area (Å²) in [6.07, 6.45) is 5.23. The number of amides is 1. The fourth-order valence-electron chi connectivity index (χ4n) is 1.74. The molecule has 0 spiro atoms. The molecular formula is C15H18N2O5S. The van der Waals surface area contributed by atoms with Crippen LogP contribution in [0, 0.1) is 12.3 Å². The average molecular weight is 338 g/mol. The number of carboxylic acids is 1. The number of rotatable bonds is 8. The highest BCUT2D eigenvalue weighted by molar-refractivity contribution is 7.89. The van der Waals surface area contributed by atoms with E-state index in [1.54, 1.807) is 6.92 Å². The maximum Gasteiger partial charge on any atom is 0.303 e. The van der Waals surface area contributed by atoms with Crippen molar-refractivity contribution in [2.45, 2.75) is 30.7 Å². The highest BCUT2D eigenvalue weighted by atomic mass is 32.2. The zero-order chi connectivity index (χ0) is 17.5. The molecular weight excluding hydrogens is 320 g/mol. The average Bonchev–Trinajstić information content (AvgIpc) is 2.51. The van der Waals surface area contributed by atoms with Gasteiger partial charge >= 0.3 is 5.97 Å². The van der Waals surface area contributed by atoms with Crippen molar-refractivity contribution in [2.24, 2.45) is 0 Å². The van der Waals surface area contributed by atoms with E-state index in [1.807, 2.05) is 0 Å². The van der Waals surface area contributed by atoms with Crippen LogP contribution in [0.1, 0.15) is 30.1 Å². The maximum atomic E-state index is 12.1. The molecule has 1 rings (SSSR count). The molecule has 1 unspecified atom stereocenters. The minimum atomic E-state index is -3.78. The molecule has 0 saturated carbocycles. The van der Waals surface area contributed by atoms with Crippen LogP contribution in [-0.2, 0) is 14.8 Å². The molecule has 0 aliphatic heterocycles. The Morgan fingerprint density at radius 3 is 2.70 bits per heavy atom. The molecule has 0 aromatic heterocycles.